The van der Waals surface area contributed by atoms with Gasteiger partial charge in [-0.3, -0.25) is 0 Å². The van der Waals surface area contributed by atoms with E-state index >= 15 is 0 Å². The third kappa shape index (κ3) is 2.40. The minimum Gasteiger partial charge on any atom is -0.346 e. The second kappa shape index (κ2) is 5.33. The Labute approximate surface area is 113 Å². The summed E-state index contributed by atoms with van der Waals surface area (Å²) in [5.74, 6) is 0. The van der Waals surface area contributed by atoms with Crippen LogP contribution in [0.3, 0.4) is 0 Å². The number of para-hydroxylation sites is 1. The molecule has 2 heterocycles. The molecule has 1 aromatic heterocycles. The Morgan fingerprint density at radius 3 is 2.72 bits per heavy atom. The number of hydrogen-bond donors (Lipinski definition) is 0. The molecule has 3 rings (SSSR count). The largest absolute Gasteiger partial charge is 0.346 e. The molecule has 0 N–H and O–H groups in total. The summed E-state index contributed by atoms with van der Waals surface area (Å²) in [7, 11) is 0. The third-order valence-electron chi connectivity index (χ3n) is 3.81. The summed E-state index contributed by atoms with van der Waals surface area (Å²) in [6.45, 7) is 4.84. The molecule has 18 heavy (non-hydrogen) atoms. The SMILES string of the molecule is Clc1cccc2ccn(CCCN3CCCC3)c12. The third-order valence-corrected chi connectivity index (χ3v) is 4.12. The van der Waals surface area contributed by atoms with Crippen LogP contribution in [-0.2, 0) is 6.54 Å². The number of halogens is 1. The van der Waals surface area contributed by atoms with Crippen LogP contribution in [0.1, 0.15) is 19.3 Å². The van der Waals surface area contributed by atoms with Gasteiger partial charge in [-0.1, -0.05) is 23.7 Å². The van der Waals surface area contributed by atoms with Gasteiger partial charge >= 0.3 is 0 Å². The molecule has 96 valence electrons. The Morgan fingerprint density at radius 1 is 1.06 bits per heavy atom. The first-order chi connectivity index (χ1) is 8.84. The van der Waals surface area contributed by atoms with Crippen molar-refractivity contribution < 1.29 is 0 Å². The van der Waals surface area contributed by atoms with Gasteiger partial charge in [0.1, 0.15) is 0 Å². The standard InChI is InChI=1S/C15H19ClN2/c16-14-6-3-5-13-7-12-18(15(13)14)11-4-10-17-8-1-2-9-17/h3,5-7,12H,1-2,4,8-11H2. The first-order valence-corrected chi connectivity index (χ1v) is 7.18. The Bertz CT molecular complexity index is 526. The van der Waals surface area contributed by atoms with E-state index in [9.17, 15) is 0 Å². The number of hydrogen-bond acceptors (Lipinski definition) is 1. The van der Waals surface area contributed by atoms with Crippen LogP contribution in [0.5, 0.6) is 0 Å². The fourth-order valence-corrected chi connectivity index (χ4v) is 3.16. The van der Waals surface area contributed by atoms with E-state index in [-0.39, 0.29) is 0 Å². The molecular weight excluding hydrogens is 244 g/mol. The van der Waals surface area contributed by atoms with Gasteiger partial charge in [-0.05, 0) is 51.0 Å². The van der Waals surface area contributed by atoms with Crippen molar-refractivity contribution in [1.82, 2.24) is 9.47 Å². The average Bonchev–Trinajstić information content (AvgIpc) is 3.00. The summed E-state index contributed by atoms with van der Waals surface area (Å²) in [4.78, 5) is 2.56. The van der Waals surface area contributed by atoms with Crippen molar-refractivity contribution in [2.24, 2.45) is 0 Å². The molecule has 0 radical (unpaired) electrons. The lowest BCUT2D eigenvalue weighted by atomic mass is 10.2. The number of aromatic nitrogens is 1. The molecule has 0 aliphatic carbocycles. The molecule has 0 spiro atoms. The highest BCUT2D eigenvalue weighted by Crippen LogP contribution is 2.24. The van der Waals surface area contributed by atoms with Crippen molar-refractivity contribution >= 4 is 22.5 Å². The molecule has 0 saturated carbocycles. The number of benzene rings is 1. The van der Waals surface area contributed by atoms with Gasteiger partial charge < -0.3 is 9.47 Å². The first-order valence-electron chi connectivity index (χ1n) is 6.80. The van der Waals surface area contributed by atoms with Crippen LogP contribution in [0.4, 0.5) is 0 Å². The number of nitrogens with zero attached hydrogens (tertiary/aromatic N) is 2. The van der Waals surface area contributed by atoms with Gasteiger partial charge in [0.2, 0.25) is 0 Å². The van der Waals surface area contributed by atoms with E-state index < -0.39 is 0 Å². The van der Waals surface area contributed by atoms with Crippen LogP contribution in [0.15, 0.2) is 30.5 Å². The molecule has 0 atom stereocenters. The smallest absolute Gasteiger partial charge is 0.0669 e. The Hall–Kier alpha value is -0.990. The van der Waals surface area contributed by atoms with Crippen molar-refractivity contribution in [2.75, 3.05) is 19.6 Å². The van der Waals surface area contributed by atoms with E-state index in [0.717, 1.165) is 11.6 Å². The molecule has 3 heteroatoms. The van der Waals surface area contributed by atoms with Crippen LogP contribution in [-0.4, -0.2) is 29.1 Å². The van der Waals surface area contributed by atoms with Gasteiger partial charge in [-0.2, -0.15) is 0 Å². The Balaban J connectivity index is 1.67. The van der Waals surface area contributed by atoms with E-state index in [1.54, 1.807) is 0 Å². The number of aryl methyl sites for hydroxylation is 1. The van der Waals surface area contributed by atoms with Crippen LogP contribution in [0, 0.1) is 0 Å². The fraction of sp³-hybridized carbons (Fsp3) is 0.467. The highest BCUT2D eigenvalue weighted by atomic mass is 35.5. The van der Waals surface area contributed by atoms with Gasteiger partial charge in [0.15, 0.2) is 0 Å². The van der Waals surface area contributed by atoms with Crippen LogP contribution < -0.4 is 0 Å². The quantitative estimate of drug-likeness (QED) is 0.814. The summed E-state index contributed by atoms with van der Waals surface area (Å²) < 4.78 is 2.29. The molecule has 0 unspecified atom stereocenters. The molecule has 1 aromatic carbocycles. The van der Waals surface area contributed by atoms with E-state index in [0.29, 0.717) is 0 Å². The summed E-state index contributed by atoms with van der Waals surface area (Å²) in [6, 6.07) is 8.26. The predicted molar refractivity (Wildman–Crippen MR) is 77.2 cm³/mol. The first kappa shape index (κ1) is 12.1. The molecular formula is C15H19ClN2. The van der Waals surface area contributed by atoms with Gasteiger partial charge in [0.25, 0.3) is 0 Å². The maximum absolute atomic E-state index is 6.28. The highest BCUT2D eigenvalue weighted by Gasteiger charge is 2.11. The molecule has 2 nitrogen and oxygen atoms in total. The van der Waals surface area contributed by atoms with Crippen molar-refractivity contribution in [1.29, 1.82) is 0 Å². The number of likely N-dealkylation sites (tertiary alicyclic amines) is 1. The van der Waals surface area contributed by atoms with Crippen LogP contribution >= 0.6 is 11.6 Å². The molecule has 1 fully saturated rings. The maximum atomic E-state index is 6.28. The molecule has 1 aliphatic rings. The normalized spacial score (nSPS) is 16.7. The van der Waals surface area contributed by atoms with Crippen LogP contribution in [0.2, 0.25) is 5.02 Å². The summed E-state index contributed by atoms with van der Waals surface area (Å²) >= 11 is 6.28. The summed E-state index contributed by atoms with van der Waals surface area (Å²) in [5, 5.41) is 2.10. The lowest BCUT2D eigenvalue weighted by Crippen LogP contribution is -2.21. The number of rotatable bonds is 4. The van der Waals surface area contributed by atoms with E-state index in [1.165, 1.54) is 49.8 Å². The lowest BCUT2D eigenvalue weighted by molar-refractivity contribution is 0.326. The number of fused-ring (bicyclic) bond motifs is 1. The maximum Gasteiger partial charge on any atom is 0.0669 e. The second-order valence-electron chi connectivity index (χ2n) is 5.09. The minimum absolute atomic E-state index is 0.860. The zero-order valence-corrected chi connectivity index (χ0v) is 11.4. The van der Waals surface area contributed by atoms with Gasteiger partial charge in [-0.25, -0.2) is 0 Å². The zero-order chi connectivity index (χ0) is 12.4. The van der Waals surface area contributed by atoms with Gasteiger partial charge in [-0.15, -0.1) is 0 Å². The average molecular weight is 263 g/mol. The monoisotopic (exact) mass is 262 g/mol. The van der Waals surface area contributed by atoms with Crippen molar-refractivity contribution in [3.63, 3.8) is 0 Å². The van der Waals surface area contributed by atoms with E-state index in [4.69, 9.17) is 11.6 Å². The fourth-order valence-electron chi connectivity index (χ4n) is 2.87. The van der Waals surface area contributed by atoms with E-state index in [2.05, 4.69) is 27.8 Å². The minimum atomic E-state index is 0.860. The van der Waals surface area contributed by atoms with Gasteiger partial charge in [0.05, 0.1) is 10.5 Å². The summed E-state index contributed by atoms with van der Waals surface area (Å²) in [5.41, 5.74) is 1.18. The highest BCUT2D eigenvalue weighted by molar-refractivity contribution is 6.35. The van der Waals surface area contributed by atoms with Crippen molar-refractivity contribution in [3.05, 3.63) is 35.5 Å². The molecule has 2 aromatic rings. The summed E-state index contributed by atoms with van der Waals surface area (Å²) in [6.07, 6.45) is 6.10. The molecule has 1 aliphatic heterocycles. The Kier molecular flexibility index (Phi) is 3.57. The molecule has 0 bridgehead atoms. The topological polar surface area (TPSA) is 8.17 Å². The van der Waals surface area contributed by atoms with Gasteiger partial charge in [0, 0.05) is 18.1 Å². The van der Waals surface area contributed by atoms with E-state index in [1.807, 2.05) is 12.1 Å². The van der Waals surface area contributed by atoms with Crippen molar-refractivity contribution in [3.8, 4) is 0 Å². The van der Waals surface area contributed by atoms with Crippen molar-refractivity contribution in [2.45, 2.75) is 25.8 Å². The molecule has 1 saturated heterocycles. The second-order valence-corrected chi connectivity index (χ2v) is 5.50. The van der Waals surface area contributed by atoms with Crippen LogP contribution in [0.25, 0.3) is 10.9 Å². The zero-order valence-electron chi connectivity index (χ0n) is 10.6. The molecule has 0 amide bonds. The lowest BCUT2D eigenvalue weighted by Gasteiger charge is -2.14. The predicted octanol–water partition coefficient (Wildman–Crippen LogP) is 3.78. The Morgan fingerprint density at radius 2 is 1.89 bits per heavy atom.